The van der Waals surface area contributed by atoms with E-state index >= 15 is 4.39 Å². The predicted molar refractivity (Wildman–Crippen MR) is 253 cm³/mol. The molecular weight excluding hydrogens is 942 g/mol. The van der Waals surface area contributed by atoms with Crippen LogP contribution in [-0.2, 0) is 32.5 Å². The molecule has 11 rings (SSSR count). The average molecular weight is 992 g/mol. The normalized spacial score (nSPS) is 25.9. The van der Waals surface area contributed by atoms with Crippen molar-refractivity contribution in [1.82, 2.24) is 25.4 Å². The first-order valence-corrected chi connectivity index (χ1v) is 24.5. The van der Waals surface area contributed by atoms with Gasteiger partial charge in [-0.05, 0) is 97.5 Å². The summed E-state index contributed by atoms with van der Waals surface area (Å²) in [6.45, 7) is 1.39. The number of imide groups is 1. The van der Waals surface area contributed by atoms with Crippen molar-refractivity contribution in [3.05, 3.63) is 117 Å². The lowest BCUT2D eigenvalue weighted by molar-refractivity contribution is -0.141. The molecule has 5 aliphatic heterocycles. The number of hydrogen-bond donors (Lipinski definition) is 4. The summed E-state index contributed by atoms with van der Waals surface area (Å²) < 4.78 is 64.0. The summed E-state index contributed by atoms with van der Waals surface area (Å²) in [5.41, 5.74) is 0.489. The number of rotatable bonds is 6. The number of fused-ring (bicyclic) bond motifs is 4. The van der Waals surface area contributed by atoms with Gasteiger partial charge in [-0.2, -0.15) is 13.2 Å². The quantitative estimate of drug-likeness (QED) is 0.0862. The second kappa shape index (κ2) is 17.4. The van der Waals surface area contributed by atoms with Crippen LogP contribution >= 0.6 is 11.6 Å². The molecule has 5 amide bonds. The van der Waals surface area contributed by atoms with Crippen molar-refractivity contribution in [2.45, 2.75) is 106 Å². The van der Waals surface area contributed by atoms with Gasteiger partial charge in [0.2, 0.25) is 17.7 Å². The number of aromatic nitrogens is 1. The van der Waals surface area contributed by atoms with E-state index in [2.05, 4.69) is 38.1 Å². The Hall–Kier alpha value is -6.51. The summed E-state index contributed by atoms with van der Waals surface area (Å²) >= 11 is 6.41. The number of halogens is 5. The molecule has 2 saturated carbocycles. The highest BCUT2D eigenvalue weighted by molar-refractivity contribution is 6.30. The highest BCUT2D eigenvalue weighted by Crippen LogP contribution is 2.63. The van der Waals surface area contributed by atoms with E-state index in [1.807, 2.05) is 6.07 Å². The largest absolute Gasteiger partial charge is 0.495 e. The van der Waals surface area contributed by atoms with Crippen molar-refractivity contribution in [2.24, 2.45) is 11.3 Å². The van der Waals surface area contributed by atoms with Gasteiger partial charge in [0, 0.05) is 89.5 Å². The average Bonchev–Trinajstić information content (AvgIpc) is 3.57. The highest BCUT2D eigenvalue weighted by atomic mass is 35.5. The zero-order valence-electron chi connectivity index (χ0n) is 38.7. The Morgan fingerprint density at radius 3 is 2.51 bits per heavy atom. The summed E-state index contributed by atoms with van der Waals surface area (Å²) in [5.74, 6) is 3.69. The number of pyridine rings is 1. The van der Waals surface area contributed by atoms with Gasteiger partial charge in [0.25, 0.3) is 11.8 Å². The summed E-state index contributed by atoms with van der Waals surface area (Å²) in [4.78, 5) is 73.8. The first kappa shape index (κ1) is 46.8. The summed E-state index contributed by atoms with van der Waals surface area (Å²) in [6.07, 6.45) is 3.03. The lowest BCUT2D eigenvalue weighted by atomic mass is 9.56. The van der Waals surface area contributed by atoms with Gasteiger partial charge < -0.3 is 25.2 Å². The first-order chi connectivity index (χ1) is 34.1. The minimum Gasteiger partial charge on any atom is -0.495 e. The molecule has 3 aromatic carbocycles. The Labute approximate surface area is 411 Å². The number of amides is 5. The number of methoxy groups -OCH3 is 1. The molecule has 7 aliphatic rings. The van der Waals surface area contributed by atoms with E-state index in [0.717, 1.165) is 55.7 Å². The molecule has 4 N–H and O–H groups in total. The topological polar surface area (TPSA) is 162 Å². The number of nitrogens with one attached hydrogen (secondary N) is 4. The number of carbonyl (C=O) groups excluding carboxylic acids is 5. The van der Waals surface area contributed by atoms with Crippen LogP contribution in [0, 0.1) is 29.0 Å². The van der Waals surface area contributed by atoms with E-state index in [9.17, 15) is 37.1 Å². The third-order valence-corrected chi connectivity index (χ3v) is 16.9. The van der Waals surface area contributed by atoms with Gasteiger partial charge in [-0.25, -0.2) is 4.39 Å². The fourth-order valence-corrected chi connectivity index (χ4v) is 13.0. The number of piperidine rings is 2. The number of ether oxygens (including phenoxy) is 1. The van der Waals surface area contributed by atoms with Crippen molar-refractivity contribution in [2.75, 3.05) is 37.4 Å². The van der Waals surface area contributed by atoms with Gasteiger partial charge >= 0.3 is 6.18 Å². The van der Waals surface area contributed by atoms with Crippen LogP contribution in [0.3, 0.4) is 0 Å². The van der Waals surface area contributed by atoms with Gasteiger partial charge in [0.1, 0.15) is 23.3 Å². The van der Waals surface area contributed by atoms with E-state index in [1.165, 1.54) is 24.3 Å². The molecule has 2 aliphatic carbocycles. The van der Waals surface area contributed by atoms with Gasteiger partial charge in [-0.15, -0.1) is 0 Å². The summed E-state index contributed by atoms with van der Waals surface area (Å²) in [7, 11) is 1.43. The standard InChI is InChI=1S/C53H50ClF4N7O6/c1-71-40-23-30(48(69)64-21-19-50(20-22-64)25-31(50)13-11-29-7-5-8-32-34(29)27-65(49(32)70)39-15-16-42(66)62-46(39)67)12-14-37(40)61-47(68)45-43(33-9-6-10-36(54)44(33)55)52(51(63-45)17-3-2-4-18-51)28-60-38-24-41(53(56,57)58)59-26-35(38)52/h5-10,12,14,23-24,26,31,39,43,45,60,63H,2-4,15-22,25,27-28H2,1H3,(H,61,68)(H,62,66,67)/t31-,39-,43-,45+,52+/m0/s1. The van der Waals surface area contributed by atoms with Gasteiger partial charge in [-0.3, -0.25) is 39.6 Å². The third-order valence-electron chi connectivity index (χ3n) is 16.6. The molecule has 4 aromatic rings. The Morgan fingerprint density at radius 1 is 0.986 bits per heavy atom. The Morgan fingerprint density at radius 2 is 1.76 bits per heavy atom. The fourth-order valence-electron chi connectivity index (χ4n) is 12.9. The fraction of sp³-hybridized carbons (Fsp3) is 0.434. The van der Waals surface area contributed by atoms with Crippen molar-refractivity contribution in [3.8, 4) is 17.6 Å². The Kier molecular flexibility index (Phi) is 11.5. The molecule has 5 atom stereocenters. The van der Waals surface area contributed by atoms with E-state index < -0.39 is 58.5 Å². The first-order valence-electron chi connectivity index (χ1n) is 24.2. The molecular formula is C53H50ClF4N7O6. The lowest BCUT2D eigenvalue weighted by Crippen LogP contribution is -2.58. The molecule has 18 heteroatoms. The van der Waals surface area contributed by atoms with Crippen molar-refractivity contribution in [1.29, 1.82) is 0 Å². The lowest BCUT2D eigenvalue weighted by Gasteiger charge is -2.48. The SMILES string of the molecule is COc1cc(C(=O)N2CCC3(CC2)C[C@@H]3C#Cc2cccc3c2CN([C@H]2CCC(=O)NC2=O)C3=O)ccc1NC(=O)[C@@H]1NC2(CCCCC2)[C@@]2(CNc3cc(C(F)(F)F)ncc32)[C@H]1c1cccc(Cl)c1F. The van der Waals surface area contributed by atoms with Crippen molar-refractivity contribution in [3.63, 3.8) is 0 Å². The van der Waals surface area contributed by atoms with Gasteiger partial charge in [-0.1, -0.05) is 60.9 Å². The molecule has 71 heavy (non-hydrogen) atoms. The highest BCUT2D eigenvalue weighted by Gasteiger charge is 2.68. The molecule has 13 nitrogen and oxygen atoms in total. The smallest absolute Gasteiger partial charge is 0.433 e. The van der Waals surface area contributed by atoms with Crippen LogP contribution in [0.1, 0.15) is 119 Å². The van der Waals surface area contributed by atoms with E-state index in [4.69, 9.17) is 16.3 Å². The molecule has 368 valence electrons. The van der Waals surface area contributed by atoms with Crippen molar-refractivity contribution < 1.29 is 46.3 Å². The zero-order valence-corrected chi connectivity index (χ0v) is 39.5. The molecule has 1 aromatic heterocycles. The second-order valence-electron chi connectivity index (χ2n) is 20.1. The van der Waals surface area contributed by atoms with E-state index in [-0.39, 0.29) is 82.7 Å². The second-order valence-corrected chi connectivity index (χ2v) is 20.5. The number of nitrogens with zero attached hydrogens (tertiary/aromatic N) is 3. The predicted octanol–water partition coefficient (Wildman–Crippen LogP) is 7.72. The molecule has 0 unspecified atom stereocenters. The molecule has 3 spiro atoms. The van der Waals surface area contributed by atoms with Crippen molar-refractivity contribution >= 4 is 52.5 Å². The number of alkyl halides is 3. The van der Waals surface area contributed by atoms with Crippen LogP contribution in [0.2, 0.25) is 5.02 Å². The molecule has 0 bridgehead atoms. The molecule has 5 fully saturated rings. The van der Waals surface area contributed by atoms with Gasteiger partial charge in [0.05, 0.1) is 23.9 Å². The van der Waals surface area contributed by atoms with E-state index in [0.29, 0.717) is 42.6 Å². The van der Waals surface area contributed by atoms with Crippen LogP contribution in [0.5, 0.6) is 5.75 Å². The number of likely N-dealkylation sites (tertiary alicyclic amines) is 1. The maximum absolute atomic E-state index is 16.4. The number of benzene rings is 3. The third kappa shape index (κ3) is 7.71. The van der Waals surface area contributed by atoms with E-state index in [1.54, 1.807) is 47.4 Å². The maximum Gasteiger partial charge on any atom is 0.433 e. The Balaban J connectivity index is 0.795. The number of hydrogen-bond acceptors (Lipinski definition) is 9. The number of anilines is 2. The molecule has 6 heterocycles. The minimum absolute atomic E-state index is 0.0315. The van der Waals surface area contributed by atoms with Crippen LogP contribution in [-0.4, -0.2) is 88.7 Å². The molecule has 0 radical (unpaired) electrons. The zero-order chi connectivity index (χ0) is 49.6. The van der Waals surface area contributed by atoms with Crippen LogP contribution in [0.25, 0.3) is 0 Å². The molecule has 3 saturated heterocycles. The van der Waals surface area contributed by atoms with Crippen LogP contribution in [0.4, 0.5) is 28.9 Å². The monoisotopic (exact) mass is 991 g/mol. The number of carbonyl (C=O) groups is 5. The summed E-state index contributed by atoms with van der Waals surface area (Å²) in [5, 5.41) is 12.0. The van der Waals surface area contributed by atoms with Crippen LogP contribution < -0.4 is 26.0 Å². The maximum atomic E-state index is 16.4. The summed E-state index contributed by atoms with van der Waals surface area (Å²) in [6, 6.07) is 14.0. The van der Waals surface area contributed by atoms with Gasteiger partial charge in [0.15, 0.2) is 0 Å². The van der Waals surface area contributed by atoms with Crippen LogP contribution in [0.15, 0.2) is 66.9 Å². The minimum atomic E-state index is -4.69. The Bertz CT molecular complexity index is 3000.